The number of hydrogen-bond acceptors (Lipinski definition) is 6. The van der Waals surface area contributed by atoms with Gasteiger partial charge in [-0.05, 0) is 24.8 Å². The van der Waals surface area contributed by atoms with E-state index in [1.807, 2.05) is 6.26 Å². The predicted octanol–water partition coefficient (Wildman–Crippen LogP) is 3.28. The zero-order valence-corrected chi connectivity index (χ0v) is 13.3. The van der Waals surface area contributed by atoms with Crippen molar-refractivity contribution in [2.45, 2.75) is 18.6 Å². The van der Waals surface area contributed by atoms with Crippen molar-refractivity contribution in [3.05, 3.63) is 46.6 Å². The highest BCUT2D eigenvalue weighted by atomic mass is 35.5. The third-order valence-corrected chi connectivity index (χ3v) is 3.63. The van der Waals surface area contributed by atoms with Gasteiger partial charge in [0.05, 0.1) is 12.4 Å². The number of hydrogen-bond donors (Lipinski definition) is 0. The molecule has 0 aliphatic carbocycles. The van der Waals surface area contributed by atoms with Gasteiger partial charge in [-0.3, -0.25) is 4.79 Å². The SMILES string of the molecule is CCOC(=O)C(c1nc(CSC)no1)c1ccccc1Cl. The zero-order valence-electron chi connectivity index (χ0n) is 11.7. The van der Waals surface area contributed by atoms with Crippen LogP contribution >= 0.6 is 23.4 Å². The average molecular weight is 327 g/mol. The van der Waals surface area contributed by atoms with E-state index < -0.39 is 11.9 Å². The number of nitrogens with zero attached hydrogens (tertiary/aromatic N) is 2. The van der Waals surface area contributed by atoms with Crippen LogP contribution in [0.4, 0.5) is 0 Å². The lowest BCUT2D eigenvalue weighted by Gasteiger charge is -2.13. The van der Waals surface area contributed by atoms with Crippen LogP contribution < -0.4 is 0 Å². The highest BCUT2D eigenvalue weighted by Crippen LogP contribution is 2.30. The quantitative estimate of drug-likeness (QED) is 0.759. The smallest absolute Gasteiger partial charge is 0.323 e. The van der Waals surface area contributed by atoms with Gasteiger partial charge in [-0.25, -0.2) is 0 Å². The summed E-state index contributed by atoms with van der Waals surface area (Å²) in [4.78, 5) is 16.5. The van der Waals surface area contributed by atoms with Gasteiger partial charge in [-0.15, -0.1) is 0 Å². The molecule has 0 fully saturated rings. The Bertz CT molecular complexity index is 618. The van der Waals surface area contributed by atoms with Crippen LogP contribution in [0.3, 0.4) is 0 Å². The first-order chi connectivity index (χ1) is 10.2. The maximum absolute atomic E-state index is 12.2. The van der Waals surface area contributed by atoms with E-state index in [-0.39, 0.29) is 12.5 Å². The second kappa shape index (κ2) is 7.47. The Morgan fingerprint density at radius 1 is 1.48 bits per heavy atom. The molecular formula is C14H15ClN2O3S. The van der Waals surface area contributed by atoms with Gasteiger partial charge in [-0.1, -0.05) is 35.0 Å². The topological polar surface area (TPSA) is 65.2 Å². The van der Waals surface area contributed by atoms with Crippen molar-refractivity contribution >= 4 is 29.3 Å². The minimum Gasteiger partial charge on any atom is -0.465 e. The molecule has 21 heavy (non-hydrogen) atoms. The van der Waals surface area contributed by atoms with Crippen molar-refractivity contribution < 1.29 is 14.1 Å². The average Bonchev–Trinajstić information content (AvgIpc) is 2.90. The molecular weight excluding hydrogens is 312 g/mol. The predicted molar refractivity (Wildman–Crippen MR) is 81.4 cm³/mol. The number of benzene rings is 1. The molecule has 1 atom stereocenters. The van der Waals surface area contributed by atoms with E-state index >= 15 is 0 Å². The summed E-state index contributed by atoms with van der Waals surface area (Å²) in [5, 5.41) is 4.33. The van der Waals surface area contributed by atoms with E-state index in [0.717, 1.165) is 0 Å². The van der Waals surface area contributed by atoms with Gasteiger partial charge in [0.25, 0.3) is 0 Å². The summed E-state index contributed by atoms with van der Waals surface area (Å²) in [5.74, 6) is 0.0952. The van der Waals surface area contributed by atoms with Crippen LogP contribution in [0.15, 0.2) is 28.8 Å². The maximum atomic E-state index is 12.2. The molecule has 0 amide bonds. The van der Waals surface area contributed by atoms with Crippen LogP contribution in [0, 0.1) is 0 Å². The van der Waals surface area contributed by atoms with E-state index in [2.05, 4.69) is 10.1 Å². The molecule has 5 nitrogen and oxygen atoms in total. The lowest BCUT2D eigenvalue weighted by molar-refractivity contribution is -0.144. The van der Waals surface area contributed by atoms with E-state index in [9.17, 15) is 4.79 Å². The normalized spacial score (nSPS) is 12.1. The maximum Gasteiger partial charge on any atom is 0.323 e. The Hall–Kier alpha value is -1.53. The fourth-order valence-corrected chi connectivity index (χ4v) is 2.49. The van der Waals surface area contributed by atoms with Crippen molar-refractivity contribution in [3.63, 3.8) is 0 Å². The summed E-state index contributed by atoms with van der Waals surface area (Å²) < 4.78 is 10.3. The summed E-state index contributed by atoms with van der Waals surface area (Å²) >= 11 is 7.75. The number of carbonyl (C=O) groups excluding carboxylic acids is 1. The first-order valence-corrected chi connectivity index (χ1v) is 8.17. The third kappa shape index (κ3) is 3.77. The van der Waals surface area contributed by atoms with Crippen molar-refractivity contribution in [2.24, 2.45) is 0 Å². The van der Waals surface area contributed by atoms with Crippen molar-refractivity contribution in [2.75, 3.05) is 12.9 Å². The molecule has 0 saturated heterocycles. The molecule has 2 rings (SSSR count). The van der Waals surface area contributed by atoms with Crippen LogP contribution in [0.25, 0.3) is 0 Å². The second-order valence-corrected chi connectivity index (χ2v) is 5.46. The summed E-state index contributed by atoms with van der Waals surface area (Å²) in [7, 11) is 0. The van der Waals surface area contributed by atoms with Crippen LogP contribution in [-0.4, -0.2) is 29.0 Å². The number of rotatable bonds is 6. The van der Waals surface area contributed by atoms with Gasteiger partial charge in [0.2, 0.25) is 5.89 Å². The van der Waals surface area contributed by atoms with Crippen molar-refractivity contribution in [1.29, 1.82) is 0 Å². The molecule has 1 heterocycles. The molecule has 0 spiro atoms. The Balaban J connectivity index is 2.40. The molecule has 112 valence electrons. The molecule has 1 aromatic heterocycles. The summed E-state index contributed by atoms with van der Waals surface area (Å²) in [6.07, 6.45) is 1.94. The fraction of sp³-hybridized carbons (Fsp3) is 0.357. The Morgan fingerprint density at radius 2 is 2.24 bits per heavy atom. The molecule has 0 aliphatic rings. The Morgan fingerprint density at radius 3 is 2.90 bits per heavy atom. The van der Waals surface area contributed by atoms with Gasteiger partial charge in [0.15, 0.2) is 11.7 Å². The number of esters is 1. The molecule has 0 radical (unpaired) electrons. The van der Waals surface area contributed by atoms with Gasteiger partial charge in [0.1, 0.15) is 0 Å². The van der Waals surface area contributed by atoms with E-state index in [1.54, 1.807) is 43.0 Å². The third-order valence-electron chi connectivity index (χ3n) is 2.74. The van der Waals surface area contributed by atoms with E-state index in [1.165, 1.54) is 0 Å². The first-order valence-electron chi connectivity index (χ1n) is 6.39. The van der Waals surface area contributed by atoms with Crippen LogP contribution in [0.2, 0.25) is 5.02 Å². The molecule has 0 saturated carbocycles. The van der Waals surface area contributed by atoms with Crippen LogP contribution in [0.1, 0.15) is 30.1 Å². The fourth-order valence-electron chi connectivity index (χ4n) is 1.87. The largest absolute Gasteiger partial charge is 0.465 e. The van der Waals surface area contributed by atoms with Crippen molar-refractivity contribution in [3.8, 4) is 0 Å². The van der Waals surface area contributed by atoms with Crippen LogP contribution in [0.5, 0.6) is 0 Å². The summed E-state index contributed by atoms with van der Waals surface area (Å²) in [6, 6.07) is 7.05. The number of thioether (sulfide) groups is 1. The Kier molecular flexibility index (Phi) is 5.64. The minimum absolute atomic E-state index is 0.200. The van der Waals surface area contributed by atoms with Crippen molar-refractivity contribution in [1.82, 2.24) is 10.1 Å². The number of carbonyl (C=O) groups is 1. The van der Waals surface area contributed by atoms with Gasteiger partial charge < -0.3 is 9.26 Å². The lowest BCUT2D eigenvalue weighted by Crippen LogP contribution is -2.18. The monoisotopic (exact) mass is 326 g/mol. The lowest BCUT2D eigenvalue weighted by atomic mass is 9.99. The standard InChI is InChI=1S/C14H15ClN2O3S/c1-3-19-14(18)12(9-6-4-5-7-10(9)15)13-16-11(8-21-2)17-20-13/h4-7,12H,3,8H2,1-2H3. The molecule has 2 aromatic rings. The molecule has 7 heteroatoms. The van der Waals surface area contributed by atoms with Gasteiger partial charge in [0, 0.05) is 5.02 Å². The number of aromatic nitrogens is 2. The van der Waals surface area contributed by atoms with E-state index in [0.29, 0.717) is 22.2 Å². The first kappa shape index (κ1) is 15.9. The molecule has 1 unspecified atom stereocenters. The highest BCUT2D eigenvalue weighted by Gasteiger charge is 2.31. The minimum atomic E-state index is -0.804. The van der Waals surface area contributed by atoms with Gasteiger partial charge >= 0.3 is 5.97 Å². The highest BCUT2D eigenvalue weighted by molar-refractivity contribution is 7.97. The Labute approximate surface area is 132 Å². The van der Waals surface area contributed by atoms with E-state index in [4.69, 9.17) is 20.9 Å². The molecule has 0 N–H and O–H groups in total. The second-order valence-electron chi connectivity index (χ2n) is 4.19. The van der Waals surface area contributed by atoms with Gasteiger partial charge in [-0.2, -0.15) is 16.7 Å². The zero-order chi connectivity index (χ0) is 15.2. The molecule has 0 aliphatic heterocycles. The molecule has 1 aromatic carbocycles. The number of ether oxygens (including phenoxy) is 1. The summed E-state index contributed by atoms with van der Waals surface area (Å²) in [5.41, 5.74) is 0.594. The summed E-state index contributed by atoms with van der Waals surface area (Å²) in [6.45, 7) is 2.01. The van der Waals surface area contributed by atoms with Crippen LogP contribution in [-0.2, 0) is 15.3 Å². The number of halogens is 1. The molecule has 0 bridgehead atoms.